The largest absolute Gasteiger partial charge is 0.472 e. The van der Waals surface area contributed by atoms with Crippen molar-refractivity contribution < 1.29 is 80.2 Å². The standard InChI is InChI=1S/C78H152O17P2/c1-8-9-10-11-12-13-14-15-16-17-20-26-31-38-45-52-59-75(80)88-65-73(94-77(82)61-54-47-39-32-27-21-18-19-24-29-35-42-49-56-69(2)3)67-92-96(84,85)90-63-72(79)64-91-97(86,87)93-68-74(66-89-76(81)60-53-46-41-34-37-44-51-58-71(6)7)95-78(83)62-55-48-40-33-28-23-22-25-30-36-43-50-57-70(4)5/h69-74,79H,8-68H2,1-7H3,(H,84,85)(H,86,87)/t72-,73-,74-/m1/s1. The molecule has 0 aromatic heterocycles. The normalized spacial score (nSPS) is 14.0. The van der Waals surface area contributed by atoms with Crippen molar-refractivity contribution in [3.63, 3.8) is 0 Å². The summed E-state index contributed by atoms with van der Waals surface area (Å²) in [5, 5.41) is 10.6. The number of esters is 4. The topological polar surface area (TPSA) is 237 Å². The van der Waals surface area contributed by atoms with Crippen molar-refractivity contribution in [1.82, 2.24) is 0 Å². The summed E-state index contributed by atoms with van der Waals surface area (Å²) in [6, 6.07) is 0. The van der Waals surface area contributed by atoms with Crippen LogP contribution in [0.4, 0.5) is 0 Å². The molecule has 0 radical (unpaired) electrons. The molecule has 0 amide bonds. The Morgan fingerprint density at radius 2 is 0.474 bits per heavy atom. The summed E-state index contributed by atoms with van der Waals surface area (Å²) in [6.45, 7) is 11.9. The molecule has 0 fully saturated rings. The molecule has 0 bridgehead atoms. The number of carbonyl (C=O) groups is 4. The van der Waals surface area contributed by atoms with Gasteiger partial charge >= 0.3 is 39.5 Å². The van der Waals surface area contributed by atoms with E-state index in [-0.39, 0.29) is 25.7 Å². The van der Waals surface area contributed by atoms with E-state index in [1.165, 1.54) is 205 Å². The van der Waals surface area contributed by atoms with Gasteiger partial charge in [-0.15, -0.1) is 0 Å². The molecular weight excluding hydrogens is 1270 g/mol. The average Bonchev–Trinajstić information content (AvgIpc) is 2.83. The molecule has 0 spiro atoms. The number of hydrogen-bond donors (Lipinski definition) is 3. The summed E-state index contributed by atoms with van der Waals surface area (Å²) >= 11 is 0. The van der Waals surface area contributed by atoms with Crippen molar-refractivity contribution in [2.75, 3.05) is 39.6 Å². The Morgan fingerprint density at radius 1 is 0.278 bits per heavy atom. The first-order valence-corrected chi connectivity index (χ1v) is 43.3. The van der Waals surface area contributed by atoms with Crippen LogP contribution in [0.1, 0.15) is 402 Å². The van der Waals surface area contributed by atoms with Crippen LogP contribution in [-0.4, -0.2) is 96.7 Å². The van der Waals surface area contributed by atoms with Gasteiger partial charge in [-0.3, -0.25) is 37.3 Å². The summed E-state index contributed by atoms with van der Waals surface area (Å²) < 4.78 is 68.6. The lowest BCUT2D eigenvalue weighted by Crippen LogP contribution is -2.30. The van der Waals surface area contributed by atoms with Crippen molar-refractivity contribution in [1.29, 1.82) is 0 Å². The fourth-order valence-electron chi connectivity index (χ4n) is 12.0. The predicted octanol–water partition coefficient (Wildman–Crippen LogP) is 23.0. The molecule has 3 N–H and O–H groups in total. The lowest BCUT2D eigenvalue weighted by molar-refractivity contribution is -0.161. The quantitative estimate of drug-likeness (QED) is 0.0222. The fraction of sp³-hybridized carbons (Fsp3) is 0.949. The average molecular weight is 1420 g/mol. The molecule has 97 heavy (non-hydrogen) atoms. The van der Waals surface area contributed by atoms with E-state index in [4.69, 9.17) is 37.0 Å². The van der Waals surface area contributed by atoms with E-state index >= 15 is 0 Å². The van der Waals surface area contributed by atoms with Crippen molar-refractivity contribution in [2.45, 2.75) is 420 Å². The minimum Gasteiger partial charge on any atom is -0.462 e. The molecule has 0 heterocycles. The van der Waals surface area contributed by atoms with E-state index in [0.29, 0.717) is 31.6 Å². The molecule has 2 unspecified atom stereocenters. The Labute approximate surface area is 594 Å². The van der Waals surface area contributed by atoms with Crippen molar-refractivity contribution in [2.24, 2.45) is 17.8 Å². The van der Waals surface area contributed by atoms with Crippen LogP contribution in [-0.2, 0) is 65.4 Å². The Bertz CT molecular complexity index is 1890. The van der Waals surface area contributed by atoms with E-state index < -0.39 is 97.5 Å². The number of unbranched alkanes of at least 4 members (excludes halogenated alkanes) is 44. The van der Waals surface area contributed by atoms with Gasteiger partial charge in [0.1, 0.15) is 19.3 Å². The molecule has 0 aliphatic carbocycles. The molecule has 17 nitrogen and oxygen atoms in total. The number of aliphatic hydroxyl groups excluding tert-OH is 1. The first-order chi connectivity index (χ1) is 46.7. The van der Waals surface area contributed by atoms with Gasteiger partial charge in [-0.1, -0.05) is 350 Å². The monoisotopic (exact) mass is 1420 g/mol. The number of rotatable bonds is 76. The van der Waals surface area contributed by atoms with Gasteiger partial charge in [0.05, 0.1) is 26.4 Å². The highest BCUT2D eigenvalue weighted by Gasteiger charge is 2.30. The van der Waals surface area contributed by atoms with Crippen LogP contribution in [0.25, 0.3) is 0 Å². The number of phosphoric acid groups is 2. The maximum Gasteiger partial charge on any atom is 0.472 e. The Kier molecular flexibility index (Phi) is 67.1. The van der Waals surface area contributed by atoms with Gasteiger partial charge < -0.3 is 33.8 Å². The number of aliphatic hydroxyl groups is 1. The van der Waals surface area contributed by atoms with Crippen LogP contribution in [0.15, 0.2) is 0 Å². The second-order valence-electron chi connectivity index (χ2n) is 29.5. The van der Waals surface area contributed by atoms with Gasteiger partial charge in [0.15, 0.2) is 12.2 Å². The first-order valence-electron chi connectivity index (χ1n) is 40.3. The SMILES string of the molecule is CCCCCCCCCCCCCCCCCCC(=O)OC[C@H](COP(=O)(O)OC[C@@H](O)COP(=O)(O)OC[C@@H](COC(=O)CCCCCCCCCC(C)C)OC(=O)CCCCCCCCCCCCCCC(C)C)OC(=O)CCCCCCCCCCCCCCCC(C)C. The van der Waals surface area contributed by atoms with E-state index in [1.54, 1.807) is 0 Å². The van der Waals surface area contributed by atoms with Gasteiger partial charge in [0.25, 0.3) is 0 Å². The molecule has 0 aromatic rings. The highest BCUT2D eigenvalue weighted by molar-refractivity contribution is 7.47. The van der Waals surface area contributed by atoms with E-state index in [9.17, 15) is 43.2 Å². The number of carbonyl (C=O) groups excluding carboxylic acids is 4. The molecule has 0 aromatic carbocycles. The van der Waals surface area contributed by atoms with E-state index in [2.05, 4.69) is 48.5 Å². The van der Waals surface area contributed by atoms with E-state index in [1.807, 2.05) is 0 Å². The number of ether oxygens (including phenoxy) is 4. The summed E-state index contributed by atoms with van der Waals surface area (Å²) in [6.07, 6.45) is 55.5. The third-order valence-electron chi connectivity index (χ3n) is 18.1. The number of hydrogen-bond acceptors (Lipinski definition) is 15. The summed E-state index contributed by atoms with van der Waals surface area (Å²) in [7, 11) is -9.92. The molecule has 0 saturated carbocycles. The van der Waals surface area contributed by atoms with Crippen LogP contribution in [0.3, 0.4) is 0 Å². The second kappa shape index (κ2) is 68.5. The smallest absolute Gasteiger partial charge is 0.462 e. The summed E-state index contributed by atoms with van der Waals surface area (Å²) in [5.41, 5.74) is 0. The molecule has 0 aliphatic rings. The molecule has 0 aliphatic heterocycles. The molecule has 19 heteroatoms. The molecule has 0 rings (SSSR count). The summed E-state index contributed by atoms with van der Waals surface area (Å²) in [5.74, 6) is 0.153. The van der Waals surface area contributed by atoms with Crippen LogP contribution < -0.4 is 0 Å². The zero-order valence-electron chi connectivity index (χ0n) is 63.5. The Morgan fingerprint density at radius 3 is 0.701 bits per heavy atom. The molecule has 5 atom stereocenters. The van der Waals surface area contributed by atoms with Gasteiger partial charge in [0, 0.05) is 25.7 Å². The van der Waals surface area contributed by atoms with Crippen molar-refractivity contribution in [3.8, 4) is 0 Å². The Hall–Kier alpha value is -1.94. The van der Waals surface area contributed by atoms with Crippen molar-refractivity contribution >= 4 is 39.5 Å². The van der Waals surface area contributed by atoms with Crippen LogP contribution in [0.5, 0.6) is 0 Å². The minimum absolute atomic E-state index is 0.106. The second-order valence-corrected chi connectivity index (χ2v) is 32.4. The van der Waals surface area contributed by atoms with Gasteiger partial charge in [-0.05, 0) is 43.4 Å². The lowest BCUT2D eigenvalue weighted by atomic mass is 10.0. The van der Waals surface area contributed by atoms with Gasteiger partial charge in [-0.2, -0.15) is 0 Å². The Balaban J connectivity index is 5.25. The van der Waals surface area contributed by atoms with Gasteiger partial charge in [-0.25, -0.2) is 9.13 Å². The molecule has 0 saturated heterocycles. The van der Waals surface area contributed by atoms with Crippen LogP contribution >= 0.6 is 15.6 Å². The van der Waals surface area contributed by atoms with E-state index in [0.717, 1.165) is 108 Å². The zero-order chi connectivity index (χ0) is 71.6. The highest BCUT2D eigenvalue weighted by Crippen LogP contribution is 2.45. The fourth-order valence-corrected chi connectivity index (χ4v) is 13.5. The lowest BCUT2D eigenvalue weighted by Gasteiger charge is -2.21. The molecule has 576 valence electrons. The van der Waals surface area contributed by atoms with Crippen LogP contribution in [0, 0.1) is 17.8 Å². The third-order valence-corrected chi connectivity index (χ3v) is 20.0. The maximum atomic E-state index is 13.1. The highest BCUT2D eigenvalue weighted by atomic mass is 31.2. The number of phosphoric ester groups is 2. The summed E-state index contributed by atoms with van der Waals surface area (Å²) in [4.78, 5) is 72.9. The predicted molar refractivity (Wildman–Crippen MR) is 395 cm³/mol. The molecular formula is C78H152O17P2. The third kappa shape index (κ3) is 72.2. The maximum absolute atomic E-state index is 13.1. The van der Waals surface area contributed by atoms with Crippen molar-refractivity contribution in [3.05, 3.63) is 0 Å². The zero-order valence-corrected chi connectivity index (χ0v) is 65.3. The minimum atomic E-state index is -4.96. The first kappa shape index (κ1) is 95.1. The van der Waals surface area contributed by atoms with Crippen LogP contribution in [0.2, 0.25) is 0 Å². The van der Waals surface area contributed by atoms with Gasteiger partial charge in [0.2, 0.25) is 0 Å².